The highest BCUT2D eigenvalue weighted by Crippen LogP contribution is 2.71. The van der Waals surface area contributed by atoms with Crippen molar-refractivity contribution in [3.05, 3.63) is 48.0 Å². The van der Waals surface area contributed by atoms with Crippen LogP contribution >= 0.6 is 0 Å². The molecule has 3 aliphatic rings. The van der Waals surface area contributed by atoms with Gasteiger partial charge in [-0.1, -0.05) is 68.7 Å². The summed E-state index contributed by atoms with van der Waals surface area (Å²) in [6.45, 7) is 6.95. The molecular weight excluding hydrogens is 332 g/mol. The summed E-state index contributed by atoms with van der Waals surface area (Å²) in [6.07, 6.45) is 9.94. The van der Waals surface area contributed by atoms with E-state index in [1.54, 1.807) is 0 Å². The van der Waals surface area contributed by atoms with E-state index in [0.717, 1.165) is 19.3 Å². The summed E-state index contributed by atoms with van der Waals surface area (Å²) >= 11 is 0. The fraction of sp³-hybridized carbons (Fsp3) is 0.640. The number of rotatable bonds is 6. The molecule has 3 saturated carbocycles. The number of ketones is 1. The first kappa shape index (κ1) is 18.9. The van der Waals surface area contributed by atoms with Gasteiger partial charge in [-0.25, -0.2) is 0 Å². The normalized spacial score (nSPS) is 36.3. The lowest BCUT2D eigenvalue weighted by molar-refractivity contribution is -0.146. The monoisotopic (exact) mass is 366 g/mol. The lowest BCUT2D eigenvalue weighted by Crippen LogP contribution is -2.52. The van der Waals surface area contributed by atoms with Crippen LogP contribution in [0, 0.1) is 22.7 Å². The Morgan fingerprint density at radius 3 is 2.52 bits per heavy atom. The predicted octanol–water partition coefficient (Wildman–Crippen LogP) is 5.76. The molecule has 0 heterocycles. The highest BCUT2D eigenvalue weighted by Gasteiger charge is 2.72. The molecule has 4 rings (SSSR count). The number of carbonyl (C=O) groups is 1. The number of fused-ring (bicyclic) bond motifs is 2. The molecule has 3 aliphatic carbocycles. The molecule has 0 spiro atoms. The van der Waals surface area contributed by atoms with Crippen molar-refractivity contribution >= 4 is 5.78 Å². The van der Waals surface area contributed by atoms with Gasteiger partial charge in [-0.15, -0.1) is 0 Å². The quantitative estimate of drug-likeness (QED) is 0.599. The molecule has 0 saturated heterocycles. The van der Waals surface area contributed by atoms with Crippen molar-refractivity contribution in [2.24, 2.45) is 22.7 Å². The highest BCUT2D eigenvalue weighted by atomic mass is 16.5. The molecule has 27 heavy (non-hydrogen) atoms. The van der Waals surface area contributed by atoms with Crippen molar-refractivity contribution in [1.82, 2.24) is 0 Å². The number of ether oxygens (including phenoxy) is 1. The molecule has 146 valence electrons. The Hall–Kier alpha value is -1.41. The van der Waals surface area contributed by atoms with Gasteiger partial charge in [0, 0.05) is 24.9 Å². The number of Topliss-reactive ketones (excluding diaryl/α,β-unsaturated/α-hetero) is 1. The highest BCUT2D eigenvalue weighted by molar-refractivity contribution is 5.89. The van der Waals surface area contributed by atoms with Gasteiger partial charge in [-0.05, 0) is 43.6 Å². The van der Waals surface area contributed by atoms with E-state index in [1.807, 2.05) is 13.2 Å². The maximum absolute atomic E-state index is 13.9. The van der Waals surface area contributed by atoms with Gasteiger partial charge < -0.3 is 4.74 Å². The Labute approximate surface area is 164 Å². The van der Waals surface area contributed by atoms with Gasteiger partial charge >= 0.3 is 0 Å². The summed E-state index contributed by atoms with van der Waals surface area (Å²) in [5.41, 5.74) is 2.12. The predicted molar refractivity (Wildman–Crippen MR) is 110 cm³/mol. The average Bonchev–Trinajstić information content (AvgIpc) is 3.20. The Morgan fingerprint density at radius 1 is 1.15 bits per heavy atom. The van der Waals surface area contributed by atoms with Crippen LogP contribution in [0.1, 0.15) is 63.9 Å². The summed E-state index contributed by atoms with van der Waals surface area (Å²) in [5.74, 6) is 1.37. The molecular formula is C25H34O2. The van der Waals surface area contributed by atoms with E-state index >= 15 is 0 Å². The van der Waals surface area contributed by atoms with Gasteiger partial charge in [0.05, 0.1) is 11.5 Å². The van der Waals surface area contributed by atoms with Crippen molar-refractivity contribution in [3.8, 4) is 0 Å². The lowest BCUT2D eigenvalue weighted by Gasteiger charge is -2.51. The van der Waals surface area contributed by atoms with Crippen LogP contribution in [0.5, 0.6) is 0 Å². The molecule has 0 N–H and O–H groups in total. The van der Waals surface area contributed by atoms with Gasteiger partial charge in [-0.3, -0.25) is 4.79 Å². The Bertz CT molecular complexity index is 702. The minimum atomic E-state index is -0.361. The van der Waals surface area contributed by atoms with E-state index in [4.69, 9.17) is 4.74 Å². The number of benzene rings is 1. The summed E-state index contributed by atoms with van der Waals surface area (Å²) in [7, 11) is 1.81. The number of carbonyl (C=O) groups excluding carboxylic acids is 1. The standard InChI is InChI=1S/C25H34O2/c1-18-21-16-17-25(23(21)27-3,24(18,2)20-12-8-5-9-13-20)22(26)15-14-19-10-6-4-7-11-19/h4,6-7,10-11,20-21,23H,1,5,8-9,12-17H2,2-3H3. The summed E-state index contributed by atoms with van der Waals surface area (Å²) in [5, 5.41) is 0. The number of methoxy groups -OCH3 is 1. The van der Waals surface area contributed by atoms with Crippen LogP contribution in [0.4, 0.5) is 0 Å². The number of hydrogen-bond acceptors (Lipinski definition) is 2. The van der Waals surface area contributed by atoms with E-state index in [-0.39, 0.29) is 16.9 Å². The first-order chi connectivity index (χ1) is 13.1. The molecule has 0 aliphatic heterocycles. The van der Waals surface area contributed by atoms with Crippen molar-refractivity contribution in [2.75, 3.05) is 7.11 Å². The molecule has 1 aromatic rings. The molecule has 1 aromatic carbocycles. The Balaban J connectivity index is 1.66. The molecule has 2 bridgehead atoms. The van der Waals surface area contributed by atoms with Crippen molar-refractivity contribution in [1.29, 1.82) is 0 Å². The minimum Gasteiger partial charge on any atom is -0.380 e. The zero-order valence-corrected chi connectivity index (χ0v) is 17.0. The summed E-state index contributed by atoms with van der Waals surface area (Å²) in [6, 6.07) is 10.4. The van der Waals surface area contributed by atoms with Gasteiger partial charge in [0.1, 0.15) is 5.78 Å². The Kier molecular flexibility index (Phi) is 5.05. The zero-order valence-electron chi connectivity index (χ0n) is 17.0. The topological polar surface area (TPSA) is 26.3 Å². The second-order valence-corrected chi connectivity index (χ2v) is 9.24. The minimum absolute atomic E-state index is 0.0280. The van der Waals surface area contributed by atoms with Gasteiger partial charge in [0.25, 0.3) is 0 Å². The third-order valence-electron chi connectivity index (χ3n) is 8.40. The van der Waals surface area contributed by atoms with Crippen LogP contribution in [0.3, 0.4) is 0 Å². The van der Waals surface area contributed by atoms with Crippen molar-refractivity contribution < 1.29 is 9.53 Å². The van der Waals surface area contributed by atoms with E-state index < -0.39 is 0 Å². The zero-order chi connectivity index (χ0) is 19.1. The largest absolute Gasteiger partial charge is 0.380 e. The SMILES string of the molecule is C=C1C2CCC(C(=O)CCc3ccccc3)(C2OC)C1(C)C1CCCCC1. The molecule has 2 nitrogen and oxygen atoms in total. The van der Waals surface area contributed by atoms with E-state index in [2.05, 4.69) is 37.8 Å². The van der Waals surface area contributed by atoms with Crippen LogP contribution in [-0.4, -0.2) is 19.0 Å². The molecule has 4 atom stereocenters. The summed E-state index contributed by atoms with van der Waals surface area (Å²) < 4.78 is 6.05. The second kappa shape index (κ2) is 7.20. The molecule has 3 fully saturated rings. The van der Waals surface area contributed by atoms with Gasteiger partial charge in [0.15, 0.2) is 0 Å². The van der Waals surface area contributed by atoms with Gasteiger partial charge in [0.2, 0.25) is 0 Å². The maximum Gasteiger partial charge on any atom is 0.142 e. The van der Waals surface area contributed by atoms with E-state index in [0.29, 0.717) is 24.0 Å². The molecule has 4 unspecified atom stereocenters. The first-order valence-corrected chi connectivity index (χ1v) is 10.8. The summed E-state index contributed by atoms with van der Waals surface area (Å²) in [4.78, 5) is 13.9. The van der Waals surface area contributed by atoms with Crippen LogP contribution in [0.2, 0.25) is 0 Å². The maximum atomic E-state index is 13.9. The van der Waals surface area contributed by atoms with E-state index in [1.165, 1.54) is 43.2 Å². The van der Waals surface area contributed by atoms with Crippen LogP contribution < -0.4 is 0 Å². The molecule has 0 aromatic heterocycles. The second-order valence-electron chi connectivity index (χ2n) is 9.24. The molecule has 2 heteroatoms. The van der Waals surface area contributed by atoms with Crippen molar-refractivity contribution in [2.45, 2.75) is 70.8 Å². The van der Waals surface area contributed by atoms with Crippen LogP contribution in [0.25, 0.3) is 0 Å². The number of aryl methyl sites for hydroxylation is 1. The van der Waals surface area contributed by atoms with Crippen LogP contribution in [0.15, 0.2) is 42.5 Å². The fourth-order valence-corrected chi connectivity index (χ4v) is 6.99. The third kappa shape index (κ3) is 2.67. The third-order valence-corrected chi connectivity index (χ3v) is 8.40. The van der Waals surface area contributed by atoms with Crippen LogP contribution in [-0.2, 0) is 16.0 Å². The van der Waals surface area contributed by atoms with Crippen molar-refractivity contribution in [3.63, 3.8) is 0 Å². The fourth-order valence-electron chi connectivity index (χ4n) is 6.99. The smallest absolute Gasteiger partial charge is 0.142 e. The Morgan fingerprint density at radius 2 is 1.85 bits per heavy atom. The first-order valence-electron chi connectivity index (χ1n) is 10.8. The molecule has 0 radical (unpaired) electrons. The average molecular weight is 367 g/mol. The lowest BCUT2D eigenvalue weighted by atomic mass is 9.51. The number of hydrogen-bond donors (Lipinski definition) is 0. The van der Waals surface area contributed by atoms with E-state index in [9.17, 15) is 4.79 Å². The molecule has 0 amide bonds. The van der Waals surface area contributed by atoms with Gasteiger partial charge in [-0.2, -0.15) is 0 Å².